The molecule has 0 heterocycles. The Hall–Kier alpha value is -2.41. The van der Waals surface area contributed by atoms with Gasteiger partial charge in [-0.2, -0.15) is 0 Å². The molecule has 0 bridgehead atoms. The van der Waals surface area contributed by atoms with Gasteiger partial charge in [0.1, 0.15) is 0 Å². The maximum absolute atomic E-state index is 8.36. The molecule has 0 aliphatic heterocycles. The number of nitrogens with zero attached hydrogens (tertiary/aromatic N) is 4. The molecule has 0 amide bonds. The van der Waals surface area contributed by atoms with Crippen molar-refractivity contribution in [3.63, 3.8) is 0 Å². The van der Waals surface area contributed by atoms with Crippen molar-refractivity contribution >= 4 is 0 Å². The van der Waals surface area contributed by atoms with E-state index in [9.17, 15) is 0 Å². The average molecular weight is 328 g/mol. The van der Waals surface area contributed by atoms with E-state index in [4.69, 9.17) is 49.5 Å². The van der Waals surface area contributed by atoms with Crippen molar-refractivity contribution in [2.45, 2.75) is 0 Å². The average Bonchev–Trinajstić information content (AvgIpc) is 2.09. The Bertz CT molecular complexity index is 122. The monoisotopic (exact) mass is 328 g/mol. The molecule has 0 aromatic heterocycles. The molecular weight excluding hydrogens is 317 g/mol. The summed E-state index contributed by atoms with van der Waals surface area (Å²) in [5.41, 5.74) is 0. The molecule has 0 aliphatic rings. The van der Waals surface area contributed by atoms with Gasteiger partial charge in [-0.25, -0.2) is 0 Å². The Balaban J connectivity index is -0.0000000113. The summed E-state index contributed by atoms with van der Waals surface area (Å²) < 4.78 is 7.94. The summed E-state index contributed by atoms with van der Waals surface area (Å²) in [6.07, 6.45) is 0. The van der Waals surface area contributed by atoms with Crippen LogP contribution in [-0.2, 0) is 19.5 Å². The first-order valence-electron chi connectivity index (χ1n) is 1.80. The molecule has 18 heavy (non-hydrogen) atoms. The van der Waals surface area contributed by atoms with Gasteiger partial charge in [-0.15, -0.1) is 26.1 Å². The van der Waals surface area contributed by atoms with Crippen molar-refractivity contribution in [2.75, 3.05) is 0 Å². The fourth-order valence-corrected chi connectivity index (χ4v) is 0. The molecule has 0 rings (SSSR count). The van der Waals surface area contributed by atoms with Crippen LogP contribution in [0.4, 0.5) is 0 Å². The van der Waals surface area contributed by atoms with Crippen molar-refractivity contribution in [3.8, 4) is 0 Å². The van der Waals surface area contributed by atoms with Crippen LogP contribution in [0.5, 0.6) is 0 Å². The summed E-state index contributed by atoms with van der Waals surface area (Å²) in [7, 11) is 0. The zero-order chi connectivity index (χ0) is 13.7. The van der Waals surface area contributed by atoms with Crippen LogP contribution in [0.15, 0.2) is 16.0 Å². The molecule has 0 radical (unpaired) electrons. The molecule has 0 aromatic carbocycles. The van der Waals surface area contributed by atoms with Crippen LogP contribution in [0.2, 0.25) is 0 Å². The van der Waals surface area contributed by atoms with E-state index >= 15 is 0 Å². The second-order valence-corrected chi connectivity index (χ2v) is 0.461. The van der Waals surface area contributed by atoms with E-state index in [0.717, 1.165) is 16.0 Å². The molecule has 117 valence electrons. The van der Waals surface area contributed by atoms with Crippen LogP contribution in [0, 0.1) is 40.5 Å². The van der Waals surface area contributed by atoms with E-state index in [1.165, 1.54) is 0 Å². The first kappa shape index (κ1) is 57.6. The van der Waals surface area contributed by atoms with Crippen LogP contribution < -0.4 is 18.5 Å². The molecule has 0 aromatic rings. The normalized spacial score (nSPS) is 3.61. The molecule has 0 spiro atoms. The zero-order valence-electron chi connectivity index (χ0n) is 8.66. The second-order valence-electron chi connectivity index (χ2n) is 0.461. The summed E-state index contributed by atoms with van der Waals surface area (Å²) >= 11 is 2.31. The number of quaternary nitrogens is 1. The predicted molar refractivity (Wildman–Crippen MR) is 53.0 cm³/mol. The minimum absolute atomic E-state index is 0. The Morgan fingerprint density at radius 3 is 0.889 bits per heavy atom. The fourth-order valence-electron chi connectivity index (χ4n) is 0. The van der Waals surface area contributed by atoms with Gasteiger partial charge in [-0.1, -0.05) is 0 Å². The number of hydrogen-bond donors (Lipinski definition) is 4. The van der Waals surface area contributed by atoms with E-state index in [0.29, 0.717) is 0 Å². The van der Waals surface area contributed by atoms with E-state index < -0.39 is 5.09 Å². The molecule has 0 atom stereocenters. The Morgan fingerprint density at radius 1 is 0.889 bits per heavy atom. The Labute approximate surface area is 106 Å². The molecular formula is H11CoN7O10-2. The molecule has 11 N–H and O–H groups in total. The number of rotatable bonds is 0. The van der Waals surface area contributed by atoms with Crippen molar-refractivity contribution in [1.82, 2.24) is 18.5 Å². The van der Waals surface area contributed by atoms with Crippen LogP contribution in [0.3, 0.4) is 0 Å². The topological polar surface area (TPSA) is 344 Å². The summed E-state index contributed by atoms with van der Waals surface area (Å²) in [6, 6.07) is 0. The summed E-state index contributed by atoms with van der Waals surface area (Å²) in [5, 5.41) is 40.6. The van der Waals surface area contributed by atoms with Gasteiger partial charge in [0.2, 0.25) is 0 Å². The van der Waals surface area contributed by atoms with Crippen molar-refractivity contribution < 1.29 is 29.8 Å². The fraction of sp³-hybridized carbons (Fsp3) is 0. The van der Waals surface area contributed by atoms with Gasteiger partial charge in [-0.05, 0) is 0 Å². The third kappa shape index (κ3) is 370. The summed E-state index contributed by atoms with van der Waals surface area (Å²) in [4.78, 5) is 32.4. The van der Waals surface area contributed by atoms with Crippen molar-refractivity contribution in [1.29, 1.82) is 0 Å². The van der Waals surface area contributed by atoms with Gasteiger partial charge < -0.3 is 54.0 Å². The van der Waals surface area contributed by atoms with Gasteiger partial charge in [-0.3, -0.25) is 0 Å². The van der Waals surface area contributed by atoms with Gasteiger partial charge >= 0.3 is 19.5 Å². The van der Waals surface area contributed by atoms with E-state index in [2.05, 4.69) is 15.7 Å². The maximum atomic E-state index is 8.36. The molecule has 18 heteroatoms. The third-order valence-electron chi connectivity index (χ3n) is 0. The zero-order valence-corrected chi connectivity index (χ0v) is 9.70. The number of hydrogen-bond acceptors (Lipinski definition) is 14. The molecule has 0 aliphatic carbocycles. The first-order valence-corrected chi connectivity index (χ1v) is 2.22. The van der Waals surface area contributed by atoms with E-state index in [1.807, 2.05) is 0 Å². The van der Waals surface area contributed by atoms with Gasteiger partial charge in [0.05, 0.1) is 0 Å². The third-order valence-corrected chi connectivity index (χ3v) is 0. The standard InChI is InChI=1S/Co.HNO3.3HNO2.3H3N.O/c;2-1(3)4;3*2-1-3;;;;/h;(H,2,3,4);3*(H,2,3);3*1H3;/p-2. The summed E-state index contributed by atoms with van der Waals surface area (Å²) in [5.74, 6) is 0. The van der Waals surface area contributed by atoms with Gasteiger partial charge in [0.15, 0.2) is 0 Å². The van der Waals surface area contributed by atoms with Crippen LogP contribution >= 0.6 is 0 Å². The molecule has 0 saturated heterocycles. The predicted octanol–water partition coefficient (Wildman–Crippen LogP) is 0.983. The van der Waals surface area contributed by atoms with Crippen LogP contribution in [0.25, 0.3) is 0 Å². The SMILES string of the molecule is N.N.O=N[O-].O=N[O-].O=N[O-].O=[N+]([O-])O.[NH4+].[O]=[Co]. The van der Waals surface area contributed by atoms with Crippen LogP contribution in [-0.4, -0.2) is 10.3 Å². The minimum atomic E-state index is -1.50. The van der Waals surface area contributed by atoms with E-state index in [1.54, 1.807) is 0 Å². The first-order chi connectivity index (χ1) is 6.97. The summed E-state index contributed by atoms with van der Waals surface area (Å²) in [6.45, 7) is 0. The van der Waals surface area contributed by atoms with Gasteiger partial charge in [0, 0.05) is 0 Å². The molecule has 17 nitrogen and oxygen atoms in total. The quantitative estimate of drug-likeness (QED) is 0.274. The van der Waals surface area contributed by atoms with E-state index in [-0.39, 0.29) is 18.5 Å². The molecule has 0 saturated carbocycles. The van der Waals surface area contributed by atoms with Crippen LogP contribution in [0.1, 0.15) is 0 Å². The van der Waals surface area contributed by atoms with Crippen molar-refractivity contribution in [2.24, 2.45) is 16.0 Å². The Morgan fingerprint density at radius 2 is 0.889 bits per heavy atom. The van der Waals surface area contributed by atoms with Gasteiger partial charge in [0.25, 0.3) is 5.09 Å². The second kappa shape index (κ2) is 209. The molecule has 0 fully saturated rings. The van der Waals surface area contributed by atoms with Crippen molar-refractivity contribution in [3.05, 3.63) is 40.5 Å². The Kier molecular flexibility index (Phi) is 670. The molecule has 0 unspecified atom stereocenters.